The van der Waals surface area contributed by atoms with Crippen molar-refractivity contribution in [2.45, 2.75) is 19.4 Å². The predicted molar refractivity (Wildman–Crippen MR) is 64.0 cm³/mol. The molecule has 4 heteroatoms. The second kappa shape index (κ2) is 5.19. The molecule has 1 aliphatic heterocycles. The van der Waals surface area contributed by atoms with Gasteiger partial charge in [-0.05, 0) is 24.6 Å². The number of carbonyl (C=O) groups is 1. The molecule has 2 rings (SSSR count). The molecule has 1 unspecified atom stereocenters. The quantitative estimate of drug-likeness (QED) is 0.847. The van der Waals surface area contributed by atoms with Crippen LogP contribution in [0.25, 0.3) is 0 Å². The minimum Gasteiger partial charge on any atom is -0.508 e. The molecule has 1 saturated heterocycles. The number of nitrogens with zero attached hydrogens (tertiary/aromatic N) is 1. The zero-order valence-corrected chi connectivity index (χ0v) is 9.93. The third-order valence-corrected chi connectivity index (χ3v) is 3.05. The van der Waals surface area contributed by atoms with Crippen LogP contribution in [0.3, 0.4) is 0 Å². The van der Waals surface area contributed by atoms with Crippen molar-refractivity contribution in [3.05, 3.63) is 29.8 Å². The van der Waals surface area contributed by atoms with Crippen LogP contribution < -0.4 is 0 Å². The molecule has 0 spiro atoms. The lowest BCUT2D eigenvalue weighted by molar-refractivity contribution is -0.00281. The number of phenolic OH excluding ortho intramolecular Hbond substituents is 1. The van der Waals surface area contributed by atoms with E-state index in [0.717, 1.165) is 6.42 Å². The van der Waals surface area contributed by atoms with Crippen LogP contribution in [0.15, 0.2) is 24.3 Å². The van der Waals surface area contributed by atoms with E-state index in [9.17, 15) is 9.90 Å². The maximum absolute atomic E-state index is 12.3. The summed E-state index contributed by atoms with van der Waals surface area (Å²) in [5.41, 5.74) is 0.533. The fourth-order valence-corrected chi connectivity index (χ4v) is 2.07. The van der Waals surface area contributed by atoms with E-state index in [1.165, 1.54) is 6.07 Å². The minimum atomic E-state index is -0.0314. The molecule has 0 aromatic heterocycles. The van der Waals surface area contributed by atoms with E-state index in [-0.39, 0.29) is 17.7 Å². The van der Waals surface area contributed by atoms with Gasteiger partial charge in [-0.25, -0.2) is 0 Å². The highest BCUT2D eigenvalue weighted by Gasteiger charge is 2.26. The van der Waals surface area contributed by atoms with E-state index in [1.54, 1.807) is 18.2 Å². The highest BCUT2D eigenvalue weighted by molar-refractivity contribution is 5.94. The summed E-state index contributed by atoms with van der Waals surface area (Å²) in [6.45, 7) is 3.84. The van der Waals surface area contributed by atoms with E-state index in [1.807, 2.05) is 11.8 Å². The first-order valence-electron chi connectivity index (χ1n) is 5.90. The second-order valence-electron chi connectivity index (χ2n) is 4.19. The number of benzene rings is 1. The van der Waals surface area contributed by atoms with Crippen LogP contribution in [-0.2, 0) is 4.74 Å². The third-order valence-electron chi connectivity index (χ3n) is 3.05. The molecule has 1 aliphatic rings. The lowest BCUT2D eigenvalue weighted by Crippen LogP contribution is -2.48. The number of rotatable bonds is 2. The van der Waals surface area contributed by atoms with Gasteiger partial charge in [0.25, 0.3) is 5.91 Å². The number of amides is 1. The van der Waals surface area contributed by atoms with Gasteiger partial charge in [0.1, 0.15) is 5.75 Å². The van der Waals surface area contributed by atoms with Crippen LogP contribution in [0.1, 0.15) is 23.7 Å². The van der Waals surface area contributed by atoms with E-state index < -0.39 is 0 Å². The van der Waals surface area contributed by atoms with Gasteiger partial charge in [-0.15, -0.1) is 0 Å². The molecule has 1 aromatic carbocycles. The van der Waals surface area contributed by atoms with Crippen molar-refractivity contribution in [3.63, 3.8) is 0 Å². The molecule has 1 N–H and O–H groups in total. The summed E-state index contributed by atoms with van der Waals surface area (Å²) in [4.78, 5) is 14.1. The largest absolute Gasteiger partial charge is 0.508 e. The summed E-state index contributed by atoms with van der Waals surface area (Å²) in [5, 5.41) is 9.39. The SMILES string of the molecule is CCC1COCCN1C(=O)c1cccc(O)c1. The molecule has 1 aromatic rings. The van der Waals surface area contributed by atoms with Crippen LogP contribution in [0, 0.1) is 0 Å². The summed E-state index contributed by atoms with van der Waals surface area (Å²) in [7, 11) is 0. The maximum atomic E-state index is 12.3. The van der Waals surface area contributed by atoms with Gasteiger partial charge in [-0.3, -0.25) is 4.79 Å². The Balaban J connectivity index is 2.18. The molecular weight excluding hydrogens is 218 g/mol. The highest BCUT2D eigenvalue weighted by atomic mass is 16.5. The third kappa shape index (κ3) is 2.58. The molecule has 92 valence electrons. The number of phenols is 1. The Morgan fingerprint density at radius 1 is 1.59 bits per heavy atom. The highest BCUT2D eigenvalue weighted by Crippen LogP contribution is 2.17. The van der Waals surface area contributed by atoms with E-state index in [0.29, 0.717) is 25.3 Å². The Morgan fingerprint density at radius 3 is 3.12 bits per heavy atom. The summed E-state index contributed by atoms with van der Waals surface area (Å²) in [5.74, 6) is 0.0909. The Hall–Kier alpha value is -1.55. The van der Waals surface area contributed by atoms with Gasteiger partial charge in [-0.1, -0.05) is 13.0 Å². The summed E-state index contributed by atoms with van der Waals surface area (Å²) < 4.78 is 5.37. The Morgan fingerprint density at radius 2 is 2.41 bits per heavy atom. The molecule has 4 nitrogen and oxygen atoms in total. The Bertz CT molecular complexity index is 405. The molecule has 0 saturated carbocycles. The molecule has 17 heavy (non-hydrogen) atoms. The number of hydrogen-bond donors (Lipinski definition) is 1. The molecule has 0 bridgehead atoms. The monoisotopic (exact) mass is 235 g/mol. The van der Waals surface area contributed by atoms with Crippen molar-refractivity contribution in [2.24, 2.45) is 0 Å². The predicted octanol–water partition coefficient (Wildman–Crippen LogP) is 1.64. The van der Waals surface area contributed by atoms with Gasteiger partial charge in [0.2, 0.25) is 0 Å². The number of aromatic hydroxyl groups is 1. The fourth-order valence-electron chi connectivity index (χ4n) is 2.07. The van der Waals surface area contributed by atoms with Crippen LogP contribution >= 0.6 is 0 Å². The first kappa shape index (κ1) is 11.9. The number of carbonyl (C=O) groups excluding carboxylic acids is 1. The summed E-state index contributed by atoms with van der Waals surface area (Å²) in [6, 6.07) is 6.62. The Kier molecular flexibility index (Phi) is 3.64. The first-order chi connectivity index (χ1) is 8.22. The van der Waals surface area contributed by atoms with Crippen LogP contribution in [-0.4, -0.2) is 41.7 Å². The smallest absolute Gasteiger partial charge is 0.254 e. The van der Waals surface area contributed by atoms with E-state index >= 15 is 0 Å². The van der Waals surface area contributed by atoms with E-state index in [2.05, 4.69) is 0 Å². The first-order valence-corrected chi connectivity index (χ1v) is 5.90. The van der Waals surface area contributed by atoms with Crippen LogP contribution in [0.5, 0.6) is 5.75 Å². The molecular formula is C13H17NO3. The maximum Gasteiger partial charge on any atom is 0.254 e. The number of ether oxygens (including phenoxy) is 1. The van der Waals surface area contributed by atoms with Crippen molar-refractivity contribution < 1.29 is 14.6 Å². The Labute approximate surface area is 101 Å². The van der Waals surface area contributed by atoms with Crippen LogP contribution in [0.4, 0.5) is 0 Å². The lowest BCUT2D eigenvalue weighted by Gasteiger charge is -2.35. The average Bonchev–Trinajstić information content (AvgIpc) is 2.38. The van der Waals surface area contributed by atoms with Crippen molar-refractivity contribution in [1.82, 2.24) is 4.90 Å². The average molecular weight is 235 g/mol. The van der Waals surface area contributed by atoms with Crippen molar-refractivity contribution >= 4 is 5.91 Å². The second-order valence-corrected chi connectivity index (χ2v) is 4.19. The van der Waals surface area contributed by atoms with Crippen LogP contribution in [0.2, 0.25) is 0 Å². The molecule has 1 atom stereocenters. The molecule has 1 heterocycles. The summed E-state index contributed by atoms with van der Waals surface area (Å²) >= 11 is 0. The van der Waals surface area contributed by atoms with Gasteiger partial charge >= 0.3 is 0 Å². The zero-order valence-electron chi connectivity index (χ0n) is 9.93. The van der Waals surface area contributed by atoms with Crippen molar-refractivity contribution in [2.75, 3.05) is 19.8 Å². The van der Waals surface area contributed by atoms with E-state index in [4.69, 9.17) is 4.74 Å². The topological polar surface area (TPSA) is 49.8 Å². The number of hydrogen-bond acceptors (Lipinski definition) is 3. The van der Waals surface area contributed by atoms with Gasteiger partial charge in [-0.2, -0.15) is 0 Å². The lowest BCUT2D eigenvalue weighted by atomic mass is 10.1. The standard InChI is InChI=1S/C13H17NO3/c1-2-11-9-17-7-6-14(11)13(16)10-4-3-5-12(15)8-10/h3-5,8,11,15H,2,6-7,9H2,1H3. The number of morpholine rings is 1. The molecule has 0 aliphatic carbocycles. The van der Waals surface area contributed by atoms with Gasteiger partial charge in [0.05, 0.1) is 19.3 Å². The molecule has 1 amide bonds. The normalized spacial score (nSPS) is 20.3. The summed E-state index contributed by atoms with van der Waals surface area (Å²) in [6.07, 6.45) is 0.880. The minimum absolute atomic E-state index is 0.0314. The van der Waals surface area contributed by atoms with Gasteiger partial charge in [0, 0.05) is 12.1 Å². The van der Waals surface area contributed by atoms with Crippen molar-refractivity contribution in [1.29, 1.82) is 0 Å². The van der Waals surface area contributed by atoms with Gasteiger partial charge in [0.15, 0.2) is 0 Å². The molecule has 0 radical (unpaired) electrons. The molecule has 1 fully saturated rings. The fraction of sp³-hybridized carbons (Fsp3) is 0.462. The van der Waals surface area contributed by atoms with Crippen molar-refractivity contribution in [3.8, 4) is 5.75 Å². The zero-order chi connectivity index (χ0) is 12.3. The van der Waals surface area contributed by atoms with Gasteiger partial charge < -0.3 is 14.7 Å².